The lowest BCUT2D eigenvalue weighted by Crippen LogP contribution is -2.21. The summed E-state index contributed by atoms with van der Waals surface area (Å²) in [7, 11) is 0. The van der Waals surface area contributed by atoms with Crippen LogP contribution in [0.4, 0.5) is 0 Å². The molecule has 0 spiro atoms. The Morgan fingerprint density at radius 2 is 1.95 bits per heavy atom. The predicted octanol–water partition coefficient (Wildman–Crippen LogP) is 4.83. The molecule has 0 atom stereocenters. The standard InChI is InChI=1S/C17H20O2/c1-2-12-7-9-13(10-8-12)17(18)16-11-14-5-3-4-6-15(14)19-16/h3-6,11-13H,2,7-10H2,1H3. The van der Waals surface area contributed by atoms with Gasteiger partial charge in [-0.1, -0.05) is 31.5 Å². The Hall–Kier alpha value is -1.57. The summed E-state index contributed by atoms with van der Waals surface area (Å²) in [6.45, 7) is 2.24. The number of fused-ring (bicyclic) bond motifs is 1. The van der Waals surface area contributed by atoms with Crippen molar-refractivity contribution < 1.29 is 9.21 Å². The normalized spacial score (nSPS) is 23.6. The van der Waals surface area contributed by atoms with E-state index >= 15 is 0 Å². The highest BCUT2D eigenvalue weighted by molar-refractivity contribution is 5.99. The molecule has 19 heavy (non-hydrogen) atoms. The van der Waals surface area contributed by atoms with Gasteiger partial charge in [0.2, 0.25) is 5.78 Å². The van der Waals surface area contributed by atoms with Gasteiger partial charge in [-0.3, -0.25) is 4.79 Å². The smallest absolute Gasteiger partial charge is 0.201 e. The van der Waals surface area contributed by atoms with E-state index in [2.05, 4.69) is 6.92 Å². The number of hydrogen-bond donors (Lipinski definition) is 0. The average molecular weight is 256 g/mol. The number of rotatable bonds is 3. The summed E-state index contributed by atoms with van der Waals surface area (Å²) in [5.74, 6) is 1.73. The van der Waals surface area contributed by atoms with E-state index in [9.17, 15) is 4.79 Å². The van der Waals surface area contributed by atoms with Crippen LogP contribution in [0.15, 0.2) is 34.7 Å². The van der Waals surface area contributed by atoms with E-state index in [1.807, 2.05) is 30.3 Å². The number of furan rings is 1. The minimum atomic E-state index is 0.170. The summed E-state index contributed by atoms with van der Waals surface area (Å²) in [5, 5.41) is 1.02. The molecular formula is C17H20O2. The highest BCUT2D eigenvalue weighted by atomic mass is 16.3. The highest BCUT2D eigenvalue weighted by Gasteiger charge is 2.28. The van der Waals surface area contributed by atoms with Crippen LogP contribution in [0.3, 0.4) is 0 Å². The maximum atomic E-state index is 12.5. The monoisotopic (exact) mass is 256 g/mol. The summed E-state index contributed by atoms with van der Waals surface area (Å²) in [6, 6.07) is 9.71. The number of carbonyl (C=O) groups is 1. The quantitative estimate of drug-likeness (QED) is 0.736. The molecule has 0 amide bonds. The molecule has 0 radical (unpaired) electrons. The van der Waals surface area contributed by atoms with Crippen LogP contribution in [0.1, 0.15) is 49.6 Å². The average Bonchev–Trinajstić information content (AvgIpc) is 2.90. The first-order valence-corrected chi connectivity index (χ1v) is 7.30. The van der Waals surface area contributed by atoms with Crippen LogP contribution in [-0.4, -0.2) is 5.78 Å². The first kappa shape index (κ1) is 12.5. The molecule has 1 saturated carbocycles. The van der Waals surface area contributed by atoms with Crippen molar-refractivity contribution in [3.05, 3.63) is 36.1 Å². The van der Waals surface area contributed by atoms with Gasteiger partial charge >= 0.3 is 0 Å². The molecule has 1 aliphatic carbocycles. The number of ketones is 1. The van der Waals surface area contributed by atoms with Crippen LogP contribution in [0.25, 0.3) is 11.0 Å². The van der Waals surface area contributed by atoms with Crippen LogP contribution in [0.5, 0.6) is 0 Å². The minimum Gasteiger partial charge on any atom is -0.453 e. The largest absolute Gasteiger partial charge is 0.453 e. The molecule has 0 aliphatic heterocycles. The van der Waals surface area contributed by atoms with E-state index in [-0.39, 0.29) is 11.7 Å². The zero-order valence-electron chi connectivity index (χ0n) is 11.4. The Morgan fingerprint density at radius 3 is 2.63 bits per heavy atom. The first-order chi connectivity index (χ1) is 9.28. The van der Waals surface area contributed by atoms with Gasteiger partial charge in [-0.25, -0.2) is 0 Å². The lowest BCUT2D eigenvalue weighted by atomic mass is 9.78. The van der Waals surface area contributed by atoms with Gasteiger partial charge in [0.05, 0.1) is 0 Å². The van der Waals surface area contributed by atoms with E-state index < -0.39 is 0 Å². The summed E-state index contributed by atoms with van der Waals surface area (Å²) >= 11 is 0. The zero-order valence-corrected chi connectivity index (χ0v) is 11.4. The molecule has 1 aliphatic rings. The fraction of sp³-hybridized carbons (Fsp3) is 0.471. The van der Waals surface area contributed by atoms with Gasteiger partial charge in [0.15, 0.2) is 5.76 Å². The van der Waals surface area contributed by atoms with Crippen LogP contribution < -0.4 is 0 Å². The summed E-state index contributed by atoms with van der Waals surface area (Å²) < 4.78 is 5.69. The molecule has 100 valence electrons. The van der Waals surface area contributed by atoms with Crippen molar-refractivity contribution in [3.63, 3.8) is 0 Å². The Bertz CT molecular complexity index is 541. The fourth-order valence-electron chi connectivity index (χ4n) is 3.14. The van der Waals surface area contributed by atoms with Gasteiger partial charge in [0.1, 0.15) is 5.58 Å². The maximum absolute atomic E-state index is 12.5. The van der Waals surface area contributed by atoms with Crippen molar-refractivity contribution >= 4 is 16.8 Å². The van der Waals surface area contributed by atoms with E-state index in [4.69, 9.17) is 4.42 Å². The molecule has 0 saturated heterocycles. The molecule has 2 nitrogen and oxygen atoms in total. The van der Waals surface area contributed by atoms with Crippen molar-refractivity contribution in [1.82, 2.24) is 0 Å². The van der Waals surface area contributed by atoms with Crippen molar-refractivity contribution in [1.29, 1.82) is 0 Å². The summed E-state index contributed by atoms with van der Waals surface area (Å²) in [5.41, 5.74) is 0.813. The third kappa shape index (κ3) is 2.44. The molecule has 1 fully saturated rings. The molecule has 2 heteroatoms. The third-order valence-electron chi connectivity index (χ3n) is 4.46. The minimum absolute atomic E-state index is 0.170. The van der Waals surface area contributed by atoms with E-state index in [1.54, 1.807) is 0 Å². The van der Waals surface area contributed by atoms with Crippen molar-refractivity contribution in [3.8, 4) is 0 Å². The van der Waals surface area contributed by atoms with E-state index in [0.717, 1.165) is 29.7 Å². The Morgan fingerprint density at radius 1 is 1.21 bits per heavy atom. The number of carbonyl (C=O) groups excluding carboxylic acids is 1. The predicted molar refractivity (Wildman–Crippen MR) is 76.3 cm³/mol. The molecule has 0 N–H and O–H groups in total. The van der Waals surface area contributed by atoms with Gasteiger partial charge in [0, 0.05) is 11.3 Å². The van der Waals surface area contributed by atoms with Gasteiger partial charge in [-0.15, -0.1) is 0 Å². The number of Topliss-reactive ketones (excluding diaryl/α,β-unsaturated/α-hetero) is 1. The van der Waals surface area contributed by atoms with Crippen molar-refractivity contribution in [2.24, 2.45) is 11.8 Å². The third-order valence-corrected chi connectivity index (χ3v) is 4.46. The summed E-state index contributed by atoms with van der Waals surface area (Å²) in [6.07, 6.45) is 5.66. The molecule has 2 aromatic rings. The van der Waals surface area contributed by atoms with Crippen LogP contribution >= 0.6 is 0 Å². The zero-order chi connectivity index (χ0) is 13.2. The first-order valence-electron chi connectivity index (χ1n) is 7.30. The van der Waals surface area contributed by atoms with Crippen LogP contribution in [-0.2, 0) is 0 Å². The molecule has 0 unspecified atom stereocenters. The Labute approximate surface area is 113 Å². The van der Waals surface area contributed by atoms with Crippen molar-refractivity contribution in [2.75, 3.05) is 0 Å². The number of benzene rings is 1. The lowest BCUT2D eigenvalue weighted by molar-refractivity contribution is 0.0844. The van der Waals surface area contributed by atoms with Crippen molar-refractivity contribution in [2.45, 2.75) is 39.0 Å². The molecular weight excluding hydrogens is 236 g/mol. The topological polar surface area (TPSA) is 30.2 Å². The number of para-hydroxylation sites is 1. The van der Waals surface area contributed by atoms with E-state index in [1.165, 1.54) is 19.3 Å². The van der Waals surface area contributed by atoms with Crippen LogP contribution in [0.2, 0.25) is 0 Å². The van der Waals surface area contributed by atoms with Gasteiger partial charge in [-0.05, 0) is 43.7 Å². The van der Waals surface area contributed by atoms with E-state index in [0.29, 0.717) is 5.76 Å². The van der Waals surface area contributed by atoms with Gasteiger partial charge in [-0.2, -0.15) is 0 Å². The van der Waals surface area contributed by atoms with Gasteiger partial charge < -0.3 is 4.42 Å². The SMILES string of the molecule is CCC1CCC(C(=O)c2cc3ccccc3o2)CC1. The molecule has 1 heterocycles. The maximum Gasteiger partial charge on any atom is 0.201 e. The molecule has 0 bridgehead atoms. The molecule has 1 aromatic heterocycles. The van der Waals surface area contributed by atoms with Crippen LogP contribution in [0, 0.1) is 11.8 Å². The second-order valence-corrected chi connectivity index (χ2v) is 5.64. The Kier molecular flexibility index (Phi) is 3.41. The number of hydrogen-bond acceptors (Lipinski definition) is 2. The van der Waals surface area contributed by atoms with Gasteiger partial charge in [0.25, 0.3) is 0 Å². The second kappa shape index (κ2) is 5.20. The Balaban J connectivity index is 1.77. The second-order valence-electron chi connectivity index (χ2n) is 5.64. The fourth-order valence-corrected chi connectivity index (χ4v) is 3.14. The molecule has 1 aromatic carbocycles. The lowest BCUT2D eigenvalue weighted by Gasteiger charge is -2.26. The highest BCUT2D eigenvalue weighted by Crippen LogP contribution is 2.33. The molecule has 3 rings (SSSR count). The summed E-state index contributed by atoms with van der Waals surface area (Å²) in [4.78, 5) is 12.5.